The van der Waals surface area contributed by atoms with Crippen molar-refractivity contribution >= 4 is 21.8 Å². The normalized spacial score (nSPS) is 11.6. The fourth-order valence-corrected chi connectivity index (χ4v) is 6.34. The van der Waals surface area contributed by atoms with Crippen LogP contribution in [0.1, 0.15) is 55.3 Å². The number of rotatable bonds is 7. The van der Waals surface area contributed by atoms with Crippen molar-refractivity contribution in [2.75, 3.05) is 0 Å². The van der Waals surface area contributed by atoms with E-state index in [1.165, 1.54) is 10.9 Å². The molecular formula is C41H38N4OPt. The first-order valence-electron chi connectivity index (χ1n) is 15.9. The van der Waals surface area contributed by atoms with Crippen LogP contribution in [0.5, 0.6) is 11.5 Å². The fourth-order valence-electron chi connectivity index (χ4n) is 6.34. The molecule has 0 N–H and O–H groups in total. The zero-order valence-electron chi connectivity index (χ0n) is 27.9. The smallest absolute Gasteiger partial charge is 0.509 e. The second kappa shape index (κ2) is 12.6. The van der Waals surface area contributed by atoms with Crippen molar-refractivity contribution in [2.45, 2.75) is 60.3 Å². The van der Waals surface area contributed by atoms with Crippen LogP contribution in [-0.4, -0.2) is 19.3 Å². The number of hydrogen-bond donors (Lipinski definition) is 0. The molecule has 7 rings (SSSR count). The third-order valence-electron chi connectivity index (χ3n) is 9.22. The van der Waals surface area contributed by atoms with Gasteiger partial charge in [-0.15, -0.1) is 35.7 Å². The Kier molecular flexibility index (Phi) is 8.72. The summed E-state index contributed by atoms with van der Waals surface area (Å²) in [5.41, 5.74) is 10.8. The third-order valence-corrected chi connectivity index (χ3v) is 9.22. The van der Waals surface area contributed by atoms with Crippen LogP contribution in [-0.2, 0) is 26.5 Å². The Morgan fingerprint density at radius 2 is 1.57 bits per heavy atom. The predicted molar refractivity (Wildman–Crippen MR) is 188 cm³/mol. The summed E-state index contributed by atoms with van der Waals surface area (Å²) >= 11 is 0. The topological polar surface area (TPSA) is 44.9 Å². The molecule has 0 bridgehead atoms. The van der Waals surface area contributed by atoms with Gasteiger partial charge < -0.3 is 9.30 Å². The minimum atomic E-state index is 0. The summed E-state index contributed by atoms with van der Waals surface area (Å²) in [6, 6.07) is 36.7. The maximum atomic E-state index is 6.51. The van der Waals surface area contributed by atoms with E-state index in [0.717, 1.165) is 68.0 Å². The van der Waals surface area contributed by atoms with Crippen molar-refractivity contribution in [1.82, 2.24) is 19.3 Å². The minimum absolute atomic E-state index is 0. The first-order chi connectivity index (χ1) is 22.1. The number of hydrogen-bond acceptors (Lipinski definition) is 3. The van der Waals surface area contributed by atoms with E-state index < -0.39 is 0 Å². The number of fused-ring (bicyclic) bond motifs is 3. The van der Waals surface area contributed by atoms with Crippen LogP contribution >= 0.6 is 0 Å². The van der Waals surface area contributed by atoms with Gasteiger partial charge in [0.25, 0.3) is 0 Å². The van der Waals surface area contributed by atoms with Gasteiger partial charge in [-0.3, -0.25) is 4.68 Å². The summed E-state index contributed by atoms with van der Waals surface area (Å²) in [7, 11) is 0. The van der Waals surface area contributed by atoms with Crippen molar-refractivity contribution in [3.63, 3.8) is 0 Å². The second-order valence-corrected chi connectivity index (χ2v) is 12.9. The molecule has 238 valence electrons. The van der Waals surface area contributed by atoms with Crippen LogP contribution in [0.4, 0.5) is 0 Å². The number of aryl methyl sites for hydroxylation is 3. The van der Waals surface area contributed by atoms with Crippen LogP contribution in [0.25, 0.3) is 44.4 Å². The van der Waals surface area contributed by atoms with E-state index in [-0.39, 0.29) is 26.5 Å². The zero-order valence-corrected chi connectivity index (χ0v) is 30.2. The van der Waals surface area contributed by atoms with E-state index >= 15 is 0 Å². The van der Waals surface area contributed by atoms with Gasteiger partial charge in [-0.05, 0) is 78.6 Å². The molecule has 3 heterocycles. The molecule has 0 aliphatic carbocycles. The number of pyridine rings is 1. The molecule has 0 atom stereocenters. The van der Waals surface area contributed by atoms with Gasteiger partial charge in [0, 0.05) is 34.5 Å². The van der Waals surface area contributed by atoms with Crippen molar-refractivity contribution in [1.29, 1.82) is 0 Å². The summed E-state index contributed by atoms with van der Waals surface area (Å²) in [6.45, 7) is 15.2. The minimum Gasteiger partial charge on any atom is -0.509 e. The molecule has 7 aromatic rings. The average Bonchev–Trinajstić information content (AvgIpc) is 3.53. The number of benzene rings is 4. The zero-order chi connectivity index (χ0) is 32.2. The molecule has 4 aromatic carbocycles. The van der Waals surface area contributed by atoms with Gasteiger partial charge in [0.2, 0.25) is 0 Å². The standard InChI is InChI=1S/C41H38N4O.Pt/c1-8-41(6,7)31-14-17-37-36(23-31)35-16-15-33(25-38(35)44(37)39-22-26(2)18-19-42-39)46-34-21-27(3)20-32(24-34)45-29(5)40(28(4)43-45)30-12-10-9-11-13-30;/h9-23H,8H2,1-7H3;/q-2;+2. The molecule has 0 saturated heterocycles. The Balaban J connectivity index is 0.00000386. The van der Waals surface area contributed by atoms with E-state index in [1.54, 1.807) is 0 Å². The quantitative estimate of drug-likeness (QED) is 0.151. The molecule has 0 unspecified atom stereocenters. The third kappa shape index (κ3) is 5.94. The van der Waals surface area contributed by atoms with Crippen molar-refractivity contribution in [3.05, 3.63) is 131 Å². The molecule has 0 amide bonds. The summed E-state index contributed by atoms with van der Waals surface area (Å²) in [5.74, 6) is 2.09. The van der Waals surface area contributed by atoms with Gasteiger partial charge in [-0.25, -0.2) is 4.98 Å². The summed E-state index contributed by atoms with van der Waals surface area (Å²) in [5, 5.41) is 7.20. The molecule has 0 aliphatic heterocycles. The Morgan fingerprint density at radius 3 is 2.32 bits per heavy atom. The van der Waals surface area contributed by atoms with Gasteiger partial charge in [0.05, 0.1) is 5.69 Å². The van der Waals surface area contributed by atoms with E-state index in [0.29, 0.717) is 11.5 Å². The van der Waals surface area contributed by atoms with E-state index in [9.17, 15) is 0 Å². The van der Waals surface area contributed by atoms with Crippen LogP contribution in [0.3, 0.4) is 0 Å². The monoisotopic (exact) mass is 797 g/mol. The fraction of sp³-hybridized carbons (Fsp3) is 0.220. The van der Waals surface area contributed by atoms with Gasteiger partial charge in [-0.1, -0.05) is 75.7 Å². The Bertz CT molecular complexity index is 2240. The number of ether oxygens (including phenoxy) is 1. The van der Waals surface area contributed by atoms with E-state index in [1.807, 2.05) is 35.1 Å². The van der Waals surface area contributed by atoms with Gasteiger partial charge >= 0.3 is 21.1 Å². The molecule has 0 saturated carbocycles. The largest absolute Gasteiger partial charge is 2.00 e. The first kappa shape index (κ1) is 32.5. The molecule has 0 radical (unpaired) electrons. The molecule has 47 heavy (non-hydrogen) atoms. The summed E-state index contributed by atoms with van der Waals surface area (Å²) < 4.78 is 10.7. The Labute approximate surface area is 291 Å². The number of aromatic nitrogens is 4. The molecule has 6 heteroatoms. The van der Waals surface area contributed by atoms with Gasteiger partial charge in [-0.2, -0.15) is 16.7 Å². The SMILES string of the molecule is CCC(C)(C)c1ccc2c(c1)c1ccc(Oc3[c-]c(-n4nc(C)c(-c5ccccc5)c4C)cc(C)c3)[c-]c1n2-c1cc(C)ccn1.[Pt+2]. The molecule has 3 aromatic heterocycles. The Hall–Kier alpha value is -4.47. The first-order valence-corrected chi connectivity index (χ1v) is 15.9. The maximum absolute atomic E-state index is 6.51. The van der Waals surface area contributed by atoms with Gasteiger partial charge in [0.1, 0.15) is 5.82 Å². The van der Waals surface area contributed by atoms with Crippen molar-refractivity contribution in [2.24, 2.45) is 0 Å². The van der Waals surface area contributed by atoms with Crippen molar-refractivity contribution in [3.8, 4) is 34.1 Å². The van der Waals surface area contributed by atoms with Gasteiger partial charge in [0.15, 0.2) is 0 Å². The van der Waals surface area contributed by atoms with E-state index in [4.69, 9.17) is 14.8 Å². The molecular weight excluding hydrogens is 760 g/mol. The van der Waals surface area contributed by atoms with Crippen LogP contribution in [0.15, 0.2) is 91.1 Å². The summed E-state index contributed by atoms with van der Waals surface area (Å²) in [6.07, 6.45) is 2.92. The molecule has 0 aliphatic rings. The van der Waals surface area contributed by atoms with Crippen LogP contribution in [0.2, 0.25) is 0 Å². The van der Waals surface area contributed by atoms with E-state index in [2.05, 4.69) is 126 Å². The molecule has 0 spiro atoms. The molecule has 5 nitrogen and oxygen atoms in total. The number of nitrogens with zero attached hydrogens (tertiary/aromatic N) is 4. The van der Waals surface area contributed by atoms with Crippen LogP contribution < -0.4 is 4.74 Å². The molecule has 0 fully saturated rings. The average molecular weight is 798 g/mol. The Morgan fingerprint density at radius 1 is 0.787 bits per heavy atom. The maximum Gasteiger partial charge on any atom is 2.00 e. The van der Waals surface area contributed by atoms with Crippen molar-refractivity contribution < 1.29 is 25.8 Å². The summed E-state index contributed by atoms with van der Waals surface area (Å²) in [4.78, 5) is 4.77. The second-order valence-electron chi connectivity index (χ2n) is 12.9. The van der Waals surface area contributed by atoms with Crippen LogP contribution in [0, 0.1) is 39.8 Å². The predicted octanol–water partition coefficient (Wildman–Crippen LogP) is 10.3.